The van der Waals surface area contributed by atoms with Gasteiger partial charge in [-0.3, -0.25) is 4.79 Å². The smallest absolute Gasteiger partial charge is 0.252 e. The van der Waals surface area contributed by atoms with Crippen molar-refractivity contribution in [2.75, 3.05) is 6.54 Å². The summed E-state index contributed by atoms with van der Waals surface area (Å²) in [5.41, 5.74) is 1.53. The maximum absolute atomic E-state index is 11.7. The highest BCUT2D eigenvalue weighted by molar-refractivity contribution is 7.09. The maximum atomic E-state index is 11.7. The third-order valence-corrected chi connectivity index (χ3v) is 3.53. The summed E-state index contributed by atoms with van der Waals surface area (Å²) >= 11 is 7.26. The van der Waals surface area contributed by atoms with E-state index in [-0.39, 0.29) is 5.91 Å². The monoisotopic (exact) mass is 281 g/mol. The third kappa shape index (κ3) is 3.51. The van der Waals surface area contributed by atoms with Gasteiger partial charge in [0.15, 0.2) is 0 Å². The predicted octanol–water partition coefficient (Wildman–Crippen LogP) is 2.47. The first-order valence-corrected chi connectivity index (χ1v) is 6.71. The first kappa shape index (κ1) is 13.0. The molecule has 0 aliphatic carbocycles. The van der Waals surface area contributed by atoms with E-state index in [1.165, 1.54) is 6.20 Å². The fourth-order valence-electron chi connectivity index (χ4n) is 1.41. The molecule has 2 heterocycles. The predicted molar refractivity (Wildman–Crippen MR) is 72.1 cm³/mol. The van der Waals surface area contributed by atoms with E-state index >= 15 is 0 Å². The summed E-state index contributed by atoms with van der Waals surface area (Å²) in [5, 5.41) is 6.23. The molecule has 1 amide bonds. The van der Waals surface area contributed by atoms with Gasteiger partial charge in [0.1, 0.15) is 5.15 Å². The summed E-state index contributed by atoms with van der Waals surface area (Å²) in [6.45, 7) is 2.52. The summed E-state index contributed by atoms with van der Waals surface area (Å²) in [5.74, 6) is -0.146. The SMILES string of the molecule is Cc1csc(CCNC(=O)c2ccc(Cl)nc2)n1. The number of hydrogen-bond acceptors (Lipinski definition) is 4. The molecule has 1 N–H and O–H groups in total. The molecule has 0 fully saturated rings. The van der Waals surface area contributed by atoms with E-state index in [0.717, 1.165) is 17.1 Å². The zero-order valence-electron chi connectivity index (χ0n) is 9.81. The Bertz CT molecular complexity index is 539. The summed E-state index contributed by atoms with van der Waals surface area (Å²) < 4.78 is 0. The third-order valence-electron chi connectivity index (χ3n) is 2.28. The van der Waals surface area contributed by atoms with E-state index in [0.29, 0.717) is 17.3 Å². The molecular weight excluding hydrogens is 270 g/mol. The van der Waals surface area contributed by atoms with Crippen LogP contribution < -0.4 is 5.32 Å². The number of carbonyl (C=O) groups excluding carboxylic acids is 1. The topological polar surface area (TPSA) is 54.9 Å². The number of rotatable bonds is 4. The van der Waals surface area contributed by atoms with Crippen LogP contribution in [-0.2, 0) is 6.42 Å². The van der Waals surface area contributed by atoms with Gasteiger partial charge in [0.05, 0.1) is 10.6 Å². The van der Waals surface area contributed by atoms with Gasteiger partial charge in [0.25, 0.3) is 5.91 Å². The van der Waals surface area contributed by atoms with Crippen LogP contribution in [0.1, 0.15) is 21.1 Å². The van der Waals surface area contributed by atoms with E-state index in [9.17, 15) is 4.79 Å². The molecule has 0 radical (unpaired) electrons. The maximum Gasteiger partial charge on any atom is 0.252 e. The van der Waals surface area contributed by atoms with Gasteiger partial charge in [-0.15, -0.1) is 11.3 Å². The molecule has 2 aromatic heterocycles. The molecule has 0 bridgehead atoms. The number of hydrogen-bond donors (Lipinski definition) is 1. The summed E-state index contributed by atoms with van der Waals surface area (Å²) in [6, 6.07) is 3.25. The van der Waals surface area contributed by atoms with Gasteiger partial charge in [-0.25, -0.2) is 9.97 Å². The molecule has 18 heavy (non-hydrogen) atoms. The van der Waals surface area contributed by atoms with Gasteiger partial charge < -0.3 is 5.32 Å². The van der Waals surface area contributed by atoms with Gasteiger partial charge >= 0.3 is 0 Å². The van der Waals surface area contributed by atoms with Crippen LogP contribution >= 0.6 is 22.9 Å². The molecule has 0 saturated heterocycles. The van der Waals surface area contributed by atoms with Crippen molar-refractivity contribution in [3.05, 3.63) is 45.1 Å². The van der Waals surface area contributed by atoms with Gasteiger partial charge in [-0.1, -0.05) is 11.6 Å². The largest absolute Gasteiger partial charge is 0.352 e. The molecule has 0 aliphatic rings. The zero-order chi connectivity index (χ0) is 13.0. The molecule has 2 aromatic rings. The Balaban J connectivity index is 1.83. The fraction of sp³-hybridized carbons (Fsp3) is 0.250. The van der Waals surface area contributed by atoms with Crippen LogP contribution in [-0.4, -0.2) is 22.4 Å². The molecule has 4 nitrogen and oxygen atoms in total. The van der Waals surface area contributed by atoms with E-state index in [1.54, 1.807) is 23.5 Å². The van der Waals surface area contributed by atoms with Crippen LogP contribution in [0.15, 0.2) is 23.7 Å². The molecule has 2 rings (SSSR count). The standard InChI is InChI=1S/C12H12ClN3OS/c1-8-7-18-11(16-8)4-5-14-12(17)9-2-3-10(13)15-6-9/h2-3,6-7H,4-5H2,1H3,(H,14,17). The molecule has 94 valence electrons. The Kier molecular flexibility index (Phi) is 4.28. The van der Waals surface area contributed by atoms with Crippen molar-refractivity contribution in [3.63, 3.8) is 0 Å². The van der Waals surface area contributed by atoms with Crippen LogP contribution in [0.3, 0.4) is 0 Å². The van der Waals surface area contributed by atoms with Gasteiger partial charge in [-0.05, 0) is 19.1 Å². The molecule has 0 unspecified atom stereocenters. The van der Waals surface area contributed by atoms with Crippen molar-refractivity contribution in [2.24, 2.45) is 0 Å². The normalized spacial score (nSPS) is 10.3. The molecule has 0 aliphatic heterocycles. The zero-order valence-corrected chi connectivity index (χ0v) is 11.4. The Morgan fingerprint density at radius 3 is 2.94 bits per heavy atom. The number of pyridine rings is 1. The highest BCUT2D eigenvalue weighted by Crippen LogP contribution is 2.09. The lowest BCUT2D eigenvalue weighted by atomic mass is 10.2. The van der Waals surface area contributed by atoms with Gasteiger partial charge in [-0.2, -0.15) is 0 Å². The number of aromatic nitrogens is 2. The second-order valence-corrected chi connectivity index (χ2v) is 5.09. The van der Waals surface area contributed by atoms with E-state index in [1.807, 2.05) is 12.3 Å². The lowest BCUT2D eigenvalue weighted by molar-refractivity contribution is 0.0954. The highest BCUT2D eigenvalue weighted by atomic mass is 35.5. The average molecular weight is 282 g/mol. The summed E-state index contributed by atoms with van der Waals surface area (Å²) in [6.07, 6.45) is 2.20. The number of thiazole rings is 1. The number of halogens is 1. The van der Waals surface area contributed by atoms with Crippen LogP contribution in [0.25, 0.3) is 0 Å². The lowest BCUT2D eigenvalue weighted by Crippen LogP contribution is -2.25. The number of aryl methyl sites for hydroxylation is 1. The first-order chi connectivity index (χ1) is 8.65. The second-order valence-electron chi connectivity index (χ2n) is 3.76. The summed E-state index contributed by atoms with van der Waals surface area (Å²) in [4.78, 5) is 19.9. The average Bonchev–Trinajstić information content (AvgIpc) is 2.76. The van der Waals surface area contributed by atoms with Crippen LogP contribution in [0, 0.1) is 6.92 Å². The minimum Gasteiger partial charge on any atom is -0.352 e. The number of nitrogens with zero attached hydrogens (tertiary/aromatic N) is 2. The number of nitrogens with one attached hydrogen (secondary N) is 1. The molecule has 0 spiro atoms. The van der Waals surface area contributed by atoms with Crippen molar-refractivity contribution in [2.45, 2.75) is 13.3 Å². The van der Waals surface area contributed by atoms with Crippen LogP contribution in [0.2, 0.25) is 5.15 Å². The first-order valence-electron chi connectivity index (χ1n) is 5.46. The van der Waals surface area contributed by atoms with Crippen molar-refractivity contribution >= 4 is 28.8 Å². The van der Waals surface area contributed by atoms with Crippen LogP contribution in [0.5, 0.6) is 0 Å². The van der Waals surface area contributed by atoms with Gasteiger partial charge in [0.2, 0.25) is 0 Å². The Hall–Kier alpha value is -1.46. The van der Waals surface area contributed by atoms with Crippen molar-refractivity contribution in [1.82, 2.24) is 15.3 Å². The van der Waals surface area contributed by atoms with Crippen LogP contribution in [0.4, 0.5) is 0 Å². The minimum atomic E-state index is -0.146. The molecule has 0 atom stereocenters. The summed E-state index contributed by atoms with van der Waals surface area (Å²) in [7, 11) is 0. The lowest BCUT2D eigenvalue weighted by Gasteiger charge is -2.03. The van der Waals surface area contributed by atoms with Crippen molar-refractivity contribution < 1.29 is 4.79 Å². The molecule has 6 heteroatoms. The second kappa shape index (κ2) is 5.93. The van der Waals surface area contributed by atoms with E-state index in [4.69, 9.17) is 11.6 Å². The van der Waals surface area contributed by atoms with E-state index < -0.39 is 0 Å². The van der Waals surface area contributed by atoms with Gasteiger partial charge in [0, 0.05) is 30.2 Å². The minimum absolute atomic E-state index is 0.146. The highest BCUT2D eigenvalue weighted by Gasteiger charge is 2.06. The number of amides is 1. The quantitative estimate of drug-likeness (QED) is 0.876. The van der Waals surface area contributed by atoms with Crippen molar-refractivity contribution in [3.8, 4) is 0 Å². The van der Waals surface area contributed by atoms with Crippen molar-refractivity contribution in [1.29, 1.82) is 0 Å². The van der Waals surface area contributed by atoms with E-state index in [2.05, 4.69) is 15.3 Å². The Morgan fingerprint density at radius 2 is 2.33 bits per heavy atom. The molecule has 0 saturated carbocycles. The molecular formula is C12H12ClN3OS. The fourth-order valence-corrected chi connectivity index (χ4v) is 2.30. The Labute approximate surface area is 114 Å². The Morgan fingerprint density at radius 1 is 1.50 bits per heavy atom. The molecule has 0 aromatic carbocycles. The number of carbonyl (C=O) groups is 1.